The molecule has 0 saturated carbocycles. The Hall–Kier alpha value is -2.53. The number of amidine groups is 1. The van der Waals surface area contributed by atoms with E-state index in [9.17, 15) is 4.79 Å². The second kappa shape index (κ2) is 7.47. The Kier molecular flexibility index (Phi) is 5.38. The average molecular weight is 319 g/mol. The summed E-state index contributed by atoms with van der Waals surface area (Å²) in [6.45, 7) is 0. The van der Waals surface area contributed by atoms with Gasteiger partial charge in [0.1, 0.15) is 11.6 Å². The largest absolute Gasteiger partial charge is 0.497 e. The van der Waals surface area contributed by atoms with E-state index in [1.807, 2.05) is 24.3 Å². The normalized spacial score (nSPS) is 11.1. The van der Waals surface area contributed by atoms with Crippen molar-refractivity contribution in [2.24, 2.45) is 10.9 Å². The number of ether oxygens (including phenoxy) is 1. The minimum atomic E-state index is -0.650. The van der Waals surface area contributed by atoms with Crippen LogP contribution in [-0.2, 0) is 11.3 Å². The summed E-state index contributed by atoms with van der Waals surface area (Å²) in [5.74, 6) is 0.290. The lowest BCUT2D eigenvalue weighted by Crippen LogP contribution is -2.16. The van der Waals surface area contributed by atoms with Gasteiger partial charge in [0, 0.05) is 6.42 Å². The summed E-state index contributed by atoms with van der Waals surface area (Å²) < 4.78 is 5.07. The Morgan fingerprint density at radius 2 is 1.86 bits per heavy atom. The Morgan fingerprint density at radius 3 is 2.50 bits per heavy atom. The maximum Gasteiger partial charge on any atom is 0.367 e. The van der Waals surface area contributed by atoms with Crippen LogP contribution in [0, 0.1) is 0 Å². The van der Waals surface area contributed by atoms with E-state index in [2.05, 4.69) is 5.16 Å². The molecule has 0 spiro atoms. The molecular formula is C16H15ClN2O3. The third-order valence-electron chi connectivity index (χ3n) is 2.88. The fourth-order valence-corrected chi connectivity index (χ4v) is 1.97. The van der Waals surface area contributed by atoms with E-state index in [1.54, 1.807) is 31.4 Å². The first-order chi connectivity index (χ1) is 10.6. The number of benzene rings is 2. The number of carbonyl (C=O) groups excluding carboxylic acids is 1. The van der Waals surface area contributed by atoms with Gasteiger partial charge in [-0.1, -0.05) is 41.0 Å². The van der Waals surface area contributed by atoms with Gasteiger partial charge >= 0.3 is 5.97 Å². The molecule has 0 amide bonds. The molecule has 5 nitrogen and oxygen atoms in total. The maximum atomic E-state index is 11.8. The minimum Gasteiger partial charge on any atom is -0.497 e. The topological polar surface area (TPSA) is 73.9 Å². The molecule has 114 valence electrons. The number of hydrogen-bond donors (Lipinski definition) is 1. The fraction of sp³-hybridized carbons (Fsp3) is 0.125. The first kappa shape index (κ1) is 15.9. The van der Waals surface area contributed by atoms with Gasteiger partial charge in [0.25, 0.3) is 0 Å². The standard InChI is InChI=1S/C16H15ClN2O3/c1-21-12-8-6-11(7-9-12)10-15(18)19-22-16(20)13-4-2-3-5-14(13)17/h2-9H,10H2,1H3,(H2,18,19). The van der Waals surface area contributed by atoms with Crippen LogP contribution in [0.5, 0.6) is 5.75 Å². The number of methoxy groups -OCH3 is 1. The molecule has 0 aliphatic rings. The Balaban J connectivity index is 1.97. The smallest absolute Gasteiger partial charge is 0.367 e. The molecule has 0 aromatic heterocycles. The van der Waals surface area contributed by atoms with Gasteiger partial charge in [0.2, 0.25) is 0 Å². The van der Waals surface area contributed by atoms with Crippen LogP contribution in [0.2, 0.25) is 5.02 Å². The van der Waals surface area contributed by atoms with Gasteiger partial charge in [-0.3, -0.25) is 0 Å². The van der Waals surface area contributed by atoms with Crippen LogP contribution >= 0.6 is 11.6 Å². The quantitative estimate of drug-likeness (QED) is 0.398. The third-order valence-corrected chi connectivity index (χ3v) is 3.21. The zero-order chi connectivity index (χ0) is 15.9. The van der Waals surface area contributed by atoms with Crippen LogP contribution < -0.4 is 10.5 Å². The molecule has 0 aliphatic heterocycles. The van der Waals surface area contributed by atoms with Crippen molar-refractivity contribution >= 4 is 23.4 Å². The van der Waals surface area contributed by atoms with Crippen molar-refractivity contribution in [1.82, 2.24) is 0 Å². The van der Waals surface area contributed by atoms with Crippen molar-refractivity contribution in [3.05, 3.63) is 64.7 Å². The summed E-state index contributed by atoms with van der Waals surface area (Å²) in [5.41, 5.74) is 6.92. The summed E-state index contributed by atoms with van der Waals surface area (Å²) >= 11 is 5.90. The molecule has 2 aromatic rings. The van der Waals surface area contributed by atoms with Crippen LogP contribution in [0.1, 0.15) is 15.9 Å². The Bertz CT molecular complexity index is 684. The molecule has 6 heteroatoms. The van der Waals surface area contributed by atoms with E-state index < -0.39 is 5.97 Å². The number of rotatable bonds is 5. The number of carbonyl (C=O) groups is 1. The van der Waals surface area contributed by atoms with E-state index in [0.29, 0.717) is 11.4 Å². The number of nitrogens with two attached hydrogens (primary N) is 1. The second-order valence-corrected chi connectivity index (χ2v) is 4.87. The van der Waals surface area contributed by atoms with Crippen LogP contribution in [0.4, 0.5) is 0 Å². The second-order valence-electron chi connectivity index (χ2n) is 4.47. The van der Waals surface area contributed by atoms with Gasteiger partial charge in [-0.15, -0.1) is 0 Å². The summed E-state index contributed by atoms with van der Waals surface area (Å²) in [7, 11) is 1.60. The number of nitrogens with zero attached hydrogens (tertiary/aromatic N) is 1. The lowest BCUT2D eigenvalue weighted by molar-refractivity contribution is 0.0515. The first-order valence-corrected chi connectivity index (χ1v) is 6.89. The number of halogens is 1. The molecule has 0 aliphatic carbocycles. The summed E-state index contributed by atoms with van der Waals surface area (Å²) in [5, 5.41) is 3.94. The fourth-order valence-electron chi connectivity index (χ4n) is 1.76. The van der Waals surface area contributed by atoms with E-state index >= 15 is 0 Å². The highest BCUT2D eigenvalue weighted by molar-refractivity contribution is 6.33. The molecule has 0 fully saturated rings. The van der Waals surface area contributed by atoms with Crippen LogP contribution in [0.25, 0.3) is 0 Å². The van der Waals surface area contributed by atoms with Gasteiger partial charge in [0.15, 0.2) is 0 Å². The summed E-state index contributed by atoms with van der Waals surface area (Å²) in [6.07, 6.45) is 0.361. The van der Waals surface area contributed by atoms with E-state index in [-0.39, 0.29) is 11.4 Å². The van der Waals surface area contributed by atoms with Gasteiger partial charge in [0.05, 0.1) is 17.7 Å². The minimum absolute atomic E-state index is 0.186. The highest BCUT2D eigenvalue weighted by atomic mass is 35.5. The van der Waals surface area contributed by atoms with Crippen molar-refractivity contribution in [3.63, 3.8) is 0 Å². The molecule has 0 bridgehead atoms. The third kappa shape index (κ3) is 4.23. The van der Waals surface area contributed by atoms with Gasteiger partial charge in [-0.05, 0) is 29.8 Å². The molecule has 2 rings (SSSR count). The molecule has 22 heavy (non-hydrogen) atoms. The maximum absolute atomic E-state index is 11.8. The molecule has 2 aromatic carbocycles. The van der Waals surface area contributed by atoms with Gasteiger partial charge < -0.3 is 15.3 Å². The predicted octanol–water partition coefficient (Wildman–Crippen LogP) is 3.02. The summed E-state index contributed by atoms with van der Waals surface area (Å²) in [6, 6.07) is 13.9. The lowest BCUT2D eigenvalue weighted by atomic mass is 10.1. The molecule has 2 N–H and O–H groups in total. The van der Waals surface area contributed by atoms with Crippen molar-refractivity contribution in [2.75, 3.05) is 7.11 Å². The van der Waals surface area contributed by atoms with Crippen LogP contribution in [0.3, 0.4) is 0 Å². The molecule has 0 saturated heterocycles. The van der Waals surface area contributed by atoms with E-state index in [0.717, 1.165) is 11.3 Å². The molecule has 0 radical (unpaired) electrons. The monoisotopic (exact) mass is 318 g/mol. The van der Waals surface area contributed by atoms with Crippen molar-refractivity contribution in [3.8, 4) is 5.75 Å². The zero-order valence-corrected chi connectivity index (χ0v) is 12.7. The first-order valence-electron chi connectivity index (χ1n) is 6.51. The van der Waals surface area contributed by atoms with Crippen LogP contribution in [-0.4, -0.2) is 18.9 Å². The van der Waals surface area contributed by atoms with Crippen molar-refractivity contribution in [2.45, 2.75) is 6.42 Å². The molecule has 0 heterocycles. The highest BCUT2D eigenvalue weighted by Crippen LogP contribution is 2.16. The van der Waals surface area contributed by atoms with Crippen LogP contribution in [0.15, 0.2) is 53.7 Å². The number of hydrogen-bond acceptors (Lipinski definition) is 4. The summed E-state index contributed by atoms with van der Waals surface area (Å²) in [4.78, 5) is 16.6. The molecule has 0 unspecified atom stereocenters. The van der Waals surface area contributed by atoms with Crippen molar-refractivity contribution in [1.29, 1.82) is 0 Å². The number of oxime groups is 1. The Labute approximate surface area is 133 Å². The highest BCUT2D eigenvalue weighted by Gasteiger charge is 2.11. The van der Waals surface area contributed by atoms with E-state index in [4.69, 9.17) is 26.9 Å². The lowest BCUT2D eigenvalue weighted by Gasteiger charge is -2.04. The molecule has 0 atom stereocenters. The molecular weight excluding hydrogens is 304 g/mol. The SMILES string of the molecule is COc1ccc(CC(N)=NOC(=O)c2ccccc2Cl)cc1. The average Bonchev–Trinajstić information content (AvgIpc) is 2.54. The Morgan fingerprint density at radius 1 is 1.18 bits per heavy atom. The zero-order valence-electron chi connectivity index (χ0n) is 12.0. The van der Waals surface area contributed by atoms with Gasteiger partial charge in [-0.25, -0.2) is 4.79 Å². The van der Waals surface area contributed by atoms with E-state index in [1.165, 1.54) is 0 Å². The van der Waals surface area contributed by atoms with Crippen molar-refractivity contribution < 1.29 is 14.4 Å². The predicted molar refractivity (Wildman–Crippen MR) is 85.2 cm³/mol. The van der Waals surface area contributed by atoms with Gasteiger partial charge in [-0.2, -0.15) is 0 Å².